The molecule has 0 aliphatic heterocycles. The highest BCUT2D eigenvalue weighted by molar-refractivity contribution is 5.91. The van der Waals surface area contributed by atoms with E-state index in [2.05, 4.69) is 15.3 Å². The van der Waals surface area contributed by atoms with Crippen LogP contribution in [0.5, 0.6) is 0 Å². The first-order chi connectivity index (χ1) is 9.63. The van der Waals surface area contributed by atoms with E-state index in [1.165, 1.54) is 6.08 Å². The predicted octanol–water partition coefficient (Wildman–Crippen LogP) is 1.70. The van der Waals surface area contributed by atoms with Crippen molar-refractivity contribution in [1.29, 1.82) is 0 Å². The van der Waals surface area contributed by atoms with Crippen molar-refractivity contribution in [2.75, 3.05) is 5.73 Å². The molecule has 0 bridgehead atoms. The number of hydrogen-bond donors (Lipinski definition) is 2. The lowest BCUT2D eigenvalue weighted by atomic mass is 10.2. The van der Waals surface area contributed by atoms with Gasteiger partial charge in [0.15, 0.2) is 0 Å². The molecule has 0 fully saturated rings. The summed E-state index contributed by atoms with van der Waals surface area (Å²) in [7, 11) is 0. The molecule has 1 heterocycles. The Bertz CT molecular complexity index is 620. The molecule has 1 aromatic heterocycles. The Morgan fingerprint density at radius 1 is 1.35 bits per heavy atom. The van der Waals surface area contributed by atoms with Gasteiger partial charge in [0.2, 0.25) is 5.91 Å². The molecular weight excluding hydrogens is 252 g/mol. The lowest BCUT2D eigenvalue weighted by Crippen LogP contribution is -2.21. The number of carbonyl (C=O) groups excluding carboxylic acids is 1. The Balaban J connectivity index is 1.88. The lowest BCUT2D eigenvalue weighted by molar-refractivity contribution is -0.116. The number of nitrogens with one attached hydrogen (secondary N) is 1. The number of nitrogen functional groups attached to an aromatic ring is 1. The van der Waals surface area contributed by atoms with Gasteiger partial charge in [-0.3, -0.25) is 14.8 Å². The predicted molar refractivity (Wildman–Crippen MR) is 78.5 cm³/mol. The number of aromatic nitrogens is 2. The Kier molecular flexibility index (Phi) is 4.44. The molecule has 0 saturated carbocycles. The third-order valence-corrected chi connectivity index (χ3v) is 2.62. The number of anilines is 1. The van der Waals surface area contributed by atoms with Gasteiger partial charge in [-0.1, -0.05) is 12.1 Å². The first kappa shape index (κ1) is 13.7. The molecule has 1 amide bonds. The van der Waals surface area contributed by atoms with Crippen molar-refractivity contribution >= 4 is 17.7 Å². The fourth-order valence-electron chi connectivity index (χ4n) is 1.58. The zero-order valence-corrected chi connectivity index (χ0v) is 11.2. The number of carbonyl (C=O) groups is 1. The van der Waals surface area contributed by atoms with Gasteiger partial charge in [-0.05, 0) is 30.7 Å². The average molecular weight is 268 g/mol. The number of nitrogens with two attached hydrogens (primary N) is 1. The highest BCUT2D eigenvalue weighted by Gasteiger charge is 1.98. The number of rotatable bonds is 4. The molecule has 102 valence electrons. The van der Waals surface area contributed by atoms with Gasteiger partial charge in [0, 0.05) is 18.0 Å². The van der Waals surface area contributed by atoms with Crippen molar-refractivity contribution in [3.8, 4) is 0 Å². The van der Waals surface area contributed by atoms with Crippen LogP contribution in [0.25, 0.3) is 6.08 Å². The lowest BCUT2D eigenvalue weighted by Gasteiger charge is -2.01. The number of nitrogens with zero attached hydrogens (tertiary/aromatic N) is 2. The third kappa shape index (κ3) is 4.20. The minimum absolute atomic E-state index is 0.185. The van der Waals surface area contributed by atoms with Gasteiger partial charge < -0.3 is 11.1 Å². The molecule has 20 heavy (non-hydrogen) atoms. The van der Waals surface area contributed by atoms with Gasteiger partial charge in [-0.15, -0.1) is 0 Å². The molecule has 0 atom stereocenters. The summed E-state index contributed by atoms with van der Waals surface area (Å²) in [5, 5.41) is 2.74. The summed E-state index contributed by atoms with van der Waals surface area (Å²) in [4.78, 5) is 19.9. The Labute approximate surface area is 117 Å². The number of amides is 1. The fraction of sp³-hybridized carbons (Fsp3) is 0.133. The maximum atomic E-state index is 11.7. The van der Waals surface area contributed by atoms with Crippen LogP contribution in [-0.4, -0.2) is 15.9 Å². The third-order valence-electron chi connectivity index (χ3n) is 2.62. The Morgan fingerprint density at radius 3 is 2.90 bits per heavy atom. The van der Waals surface area contributed by atoms with Crippen LogP contribution >= 0.6 is 0 Å². The van der Waals surface area contributed by atoms with E-state index < -0.39 is 0 Å². The van der Waals surface area contributed by atoms with E-state index in [1.807, 2.05) is 19.1 Å². The summed E-state index contributed by atoms with van der Waals surface area (Å²) < 4.78 is 0. The van der Waals surface area contributed by atoms with Crippen LogP contribution in [0.4, 0.5) is 5.69 Å². The van der Waals surface area contributed by atoms with Crippen LogP contribution in [0, 0.1) is 6.92 Å². The summed E-state index contributed by atoms with van der Waals surface area (Å²) in [6, 6.07) is 7.32. The van der Waals surface area contributed by atoms with Crippen molar-refractivity contribution in [2.24, 2.45) is 0 Å². The number of benzene rings is 1. The minimum Gasteiger partial charge on any atom is -0.399 e. The van der Waals surface area contributed by atoms with Crippen LogP contribution < -0.4 is 11.1 Å². The largest absolute Gasteiger partial charge is 0.399 e. The summed E-state index contributed by atoms with van der Waals surface area (Å²) in [5.74, 6) is -0.185. The summed E-state index contributed by atoms with van der Waals surface area (Å²) in [5.41, 5.74) is 8.79. The summed E-state index contributed by atoms with van der Waals surface area (Å²) in [6.07, 6.45) is 6.50. The molecule has 1 aromatic carbocycles. The molecule has 5 heteroatoms. The quantitative estimate of drug-likeness (QED) is 0.653. The van der Waals surface area contributed by atoms with Gasteiger partial charge in [0.05, 0.1) is 24.1 Å². The molecular formula is C15H16N4O. The maximum Gasteiger partial charge on any atom is 0.244 e. The monoisotopic (exact) mass is 268 g/mol. The van der Waals surface area contributed by atoms with Crippen LogP contribution in [0.15, 0.2) is 42.7 Å². The van der Waals surface area contributed by atoms with Crippen LogP contribution in [0.2, 0.25) is 0 Å². The molecule has 3 N–H and O–H groups in total. The summed E-state index contributed by atoms with van der Waals surface area (Å²) >= 11 is 0. The Morgan fingerprint density at radius 2 is 2.20 bits per heavy atom. The fourth-order valence-corrected chi connectivity index (χ4v) is 1.58. The number of aryl methyl sites for hydroxylation is 1. The van der Waals surface area contributed by atoms with E-state index >= 15 is 0 Å². The van der Waals surface area contributed by atoms with Crippen molar-refractivity contribution < 1.29 is 4.79 Å². The smallest absolute Gasteiger partial charge is 0.244 e. The van der Waals surface area contributed by atoms with Crippen molar-refractivity contribution in [3.63, 3.8) is 0 Å². The van der Waals surface area contributed by atoms with Gasteiger partial charge in [0.1, 0.15) is 0 Å². The number of hydrogen-bond acceptors (Lipinski definition) is 4. The van der Waals surface area contributed by atoms with E-state index in [0.717, 1.165) is 17.0 Å². The molecule has 0 radical (unpaired) electrons. The van der Waals surface area contributed by atoms with Crippen LogP contribution in [0.1, 0.15) is 17.0 Å². The second-order valence-corrected chi connectivity index (χ2v) is 4.37. The van der Waals surface area contributed by atoms with Gasteiger partial charge >= 0.3 is 0 Å². The molecule has 0 aliphatic rings. The van der Waals surface area contributed by atoms with Gasteiger partial charge in [-0.2, -0.15) is 0 Å². The highest BCUT2D eigenvalue weighted by Crippen LogP contribution is 2.07. The normalized spacial score (nSPS) is 10.7. The molecule has 0 aliphatic carbocycles. The van der Waals surface area contributed by atoms with E-state index in [-0.39, 0.29) is 5.91 Å². The minimum atomic E-state index is -0.185. The molecule has 2 aromatic rings. The SMILES string of the molecule is Cc1cnc(CNC(=O)/C=C/c2cccc(N)c2)cn1. The second kappa shape index (κ2) is 6.47. The first-order valence-electron chi connectivity index (χ1n) is 6.22. The molecule has 5 nitrogen and oxygen atoms in total. The molecule has 0 unspecified atom stereocenters. The van der Waals surface area contributed by atoms with Crippen molar-refractivity contribution in [2.45, 2.75) is 13.5 Å². The zero-order chi connectivity index (χ0) is 14.4. The second-order valence-electron chi connectivity index (χ2n) is 4.37. The van der Waals surface area contributed by atoms with Gasteiger partial charge in [0.25, 0.3) is 0 Å². The standard InChI is InChI=1S/C15H16N4O/c1-11-8-18-14(9-17-11)10-19-15(20)6-5-12-3-2-4-13(16)7-12/h2-9H,10,16H2,1H3,(H,19,20)/b6-5+. The highest BCUT2D eigenvalue weighted by atomic mass is 16.1. The van der Waals surface area contributed by atoms with Crippen LogP contribution in [-0.2, 0) is 11.3 Å². The maximum absolute atomic E-state index is 11.7. The molecule has 2 rings (SSSR count). The first-order valence-corrected chi connectivity index (χ1v) is 6.22. The van der Waals surface area contributed by atoms with Gasteiger partial charge in [-0.25, -0.2) is 0 Å². The molecule has 0 saturated heterocycles. The van der Waals surface area contributed by atoms with E-state index in [4.69, 9.17) is 5.73 Å². The summed E-state index contributed by atoms with van der Waals surface area (Å²) in [6.45, 7) is 2.22. The van der Waals surface area contributed by atoms with Crippen LogP contribution in [0.3, 0.4) is 0 Å². The van der Waals surface area contributed by atoms with Crippen molar-refractivity contribution in [3.05, 3.63) is 59.7 Å². The Hall–Kier alpha value is -2.69. The van der Waals surface area contributed by atoms with E-state index in [1.54, 1.807) is 30.6 Å². The van der Waals surface area contributed by atoms with E-state index in [9.17, 15) is 4.79 Å². The van der Waals surface area contributed by atoms with Crippen molar-refractivity contribution in [1.82, 2.24) is 15.3 Å². The topological polar surface area (TPSA) is 80.9 Å². The van der Waals surface area contributed by atoms with E-state index in [0.29, 0.717) is 12.2 Å². The average Bonchev–Trinajstić information content (AvgIpc) is 2.45. The zero-order valence-electron chi connectivity index (χ0n) is 11.2. The molecule has 0 spiro atoms.